The van der Waals surface area contributed by atoms with Crippen molar-refractivity contribution in [2.24, 2.45) is 0 Å². The Kier molecular flexibility index (Phi) is 6.54. The zero-order valence-corrected chi connectivity index (χ0v) is 25.1. The number of aliphatic hydroxyl groups excluding tert-OH is 1. The SMILES string of the molecule is CC(C)(C)c1ccc(Oc2ccc(N3C(=O)c4ccc(-c5ccc6c(c5)C(=O)N(C(C)(C)C)C6O)cc4C3=O)cc2)cc1. The van der Waals surface area contributed by atoms with Gasteiger partial charge in [0.2, 0.25) is 0 Å². The lowest BCUT2D eigenvalue weighted by Crippen LogP contribution is -2.43. The largest absolute Gasteiger partial charge is 0.457 e. The predicted octanol–water partition coefficient (Wildman–Crippen LogP) is 7.49. The van der Waals surface area contributed by atoms with Crippen molar-refractivity contribution in [2.75, 3.05) is 4.90 Å². The summed E-state index contributed by atoms with van der Waals surface area (Å²) >= 11 is 0. The molecule has 0 fully saturated rings. The highest BCUT2D eigenvalue weighted by atomic mass is 16.5. The van der Waals surface area contributed by atoms with Gasteiger partial charge < -0.3 is 14.7 Å². The third-order valence-electron chi connectivity index (χ3n) is 8.02. The lowest BCUT2D eigenvalue weighted by atomic mass is 9.87. The first-order valence-corrected chi connectivity index (χ1v) is 14.3. The van der Waals surface area contributed by atoms with Crippen molar-refractivity contribution >= 4 is 23.4 Å². The van der Waals surface area contributed by atoms with E-state index >= 15 is 0 Å². The van der Waals surface area contributed by atoms with Crippen LogP contribution in [0.25, 0.3) is 11.1 Å². The summed E-state index contributed by atoms with van der Waals surface area (Å²) in [5, 5.41) is 10.8. The normalized spacial score (nSPS) is 16.5. The molecule has 0 saturated heterocycles. The van der Waals surface area contributed by atoms with E-state index in [0.717, 1.165) is 0 Å². The van der Waals surface area contributed by atoms with Crippen LogP contribution >= 0.6 is 0 Å². The zero-order valence-electron chi connectivity index (χ0n) is 25.1. The second kappa shape index (κ2) is 9.92. The molecule has 2 heterocycles. The van der Waals surface area contributed by atoms with Gasteiger partial charge in [-0.15, -0.1) is 0 Å². The number of aliphatic hydroxyl groups is 1. The summed E-state index contributed by atoms with van der Waals surface area (Å²) < 4.78 is 5.98. The molecule has 4 aromatic carbocycles. The third kappa shape index (κ3) is 4.89. The van der Waals surface area contributed by atoms with Gasteiger partial charge >= 0.3 is 0 Å². The number of fused-ring (bicyclic) bond motifs is 2. The number of imide groups is 1. The molecule has 218 valence electrons. The van der Waals surface area contributed by atoms with Gasteiger partial charge in [-0.1, -0.05) is 51.1 Å². The van der Waals surface area contributed by atoms with Gasteiger partial charge in [0.15, 0.2) is 6.23 Å². The van der Waals surface area contributed by atoms with E-state index < -0.39 is 23.6 Å². The molecule has 2 aliphatic rings. The Bertz CT molecular complexity index is 1780. The number of hydrogen-bond acceptors (Lipinski definition) is 5. The molecular formula is C36H34N2O5. The van der Waals surface area contributed by atoms with Crippen LogP contribution in [0.2, 0.25) is 0 Å². The van der Waals surface area contributed by atoms with Gasteiger partial charge in [0.05, 0.1) is 16.8 Å². The van der Waals surface area contributed by atoms with Crippen LogP contribution in [-0.2, 0) is 5.41 Å². The predicted molar refractivity (Wildman–Crippen MR) is 166 cm³/mol. The summed E-state index contributed by atoms with van der Waals surface area (Å²) in [6.07, 6.45) is -1.02. The van der Waals surface area contributed by atoms with Gasteiger partial charge in [-0.25, -0.2) is 4.90 Å². The summed E-state index contributed by atoms with van der Waals surface area (Å²) in [6.45, 7) is 12.1. The maximum atomic E-state index is 13.5. The highest BCUT2D eigenvalue weighted by Gasteiger charge is 2.42. The molecule has 0 radical (unpaired) electrons. The number of amides is 3. The van der Waals surface area contributed by atoms with E-state index in [4.69, 9.17) is 4.74 Å². The van der Waals surface area contributed by atoms with Gasteiger partial charge in [-0.2, -0.15) is 0 Å². The van der Waals surface area contributed by atoms with Crippen molar-refractivity contribution in [2.45, 2.75) is 58.7 Å². The van der Waals surface area contributed by atoms with E-state index in [1.807, 2.05) is 51.1 Å². The van der Waals surface area contributed by atoms with Crippen molar-refractivity contribution in [3.8, 4) is 22.6 Å². The average Bonchev–Trinajstić information content (AvgIpc) is 3.36. The number of benzene rings is 4. The van der Waals surface area contributed by atoms with Crippen molar-refractivity contribution in [3.63, 3.8) is 0 Å². The van der Waals surface area contributed by atoms with Gasteiger partial charge in [0.25, 0.3) is 17.7 Å². The Hall–Kier alpha value is -4.75. The van der Waals surface area contributed by atoms with E-state index in [9.17, 15) is 19.5 Å². The lowest BCUT2D eigenvalue weighted by Gasteiger charge is -2.34. The molecule has 43 heavy (non-hydrogen) atoms. The number of rotatable bonds is 4. The number of nitrogens with zero attached hydrogens (tertiary/aromatic N) is 2. The van der Waals surface area contributed by atoms with Crippen LogP contribution < -0.4 is 9.64 Å². The fourth-order valence-corrected chi connectivity index (χ4v) is 5.67. The molecule has 0 bridgehead atoms. The fourth-order valence-electron chi connectivity index (χ4n) is 5.67. The summed E-state index contributed by atoms with van der Waals surface area (Å²) in [6, 6.07) is 25.2. The summed E-state index contributed by atoms with van der Waals surface area (Å²) in [5.74, 6) is 0.228. The first-order valence-electron chi connectivity index (χ1n) is 14.3. The molecule has 1 atom stereocenters. The Morgan fingerprint density at radius 2 is 1.16 bits per heavy atom. The molecule has 0 aromatic heterocycles. The molecule has 6 rings (SSSR count). The quantitative estimate of drug-likeness (QED) is 0.255. The molecule has 1 N–H and O–H groups in total. The van der Waals surface area contributed by atoms with Crippen molar-refractivity contribution < 1.29 is 24.2 Å². The topological polar surface area (TPSA) is 87.2 Å². The number of anilines is 1. The van der Waals surface area contributed by atoms with E-state index in [1.165, 1.54) is 15.4 Å². The smallest absolute Gasteiger partial charge is 0.266 e. The number of hydrogen-bond donors (Lipinski definition) is 1. The van der Waals surface area contributed by atoms with Crippen LogP contribution in [0.4, 0.5) is 5.69 Å². The maximum Gasteiger partial charge on any atom is 0.266 e. The second-order valence-corrected chi connectivity index (χ2v) is 13.1. The van der Waals surface area contributed by atoms with Gasteiger partial charge in [0, 0.05) is 16.7 Å². The van der Waals surface area contributed by atoms with E-state index in [2.05, 4.69) is 20.8 Å². The molecule has 0 saturated carbocycles. The minimum atomic E-state index is -1.02. The number of ether oxygens (including phenoxy) is 1. The van der Waals surface area contributed by atoms with Gasteiger partial charge in [-0.3, -0.25) is 14.4 Å². The molecule has 7 nitrogen and oxygen atoms in total. The van der Waals surface area contributed by atoms with Crippen LogP contribution in [0.1, 0.15) is 90.0 Å². The summed E-state index contributed by atoms with van der Waals surface area (Å²) in [7, 11) is 0. The Labute approximate surface area is 251 Å². The highest BCUT2D eigenvalue weighted by molar-refractivity contribution is 6.34. The van der Waals surface area contributed by atoms with Crippen molar-refractivity contribution in [1.29, 1.82) is 0 Å². The number of carbonyl (C=O) groups excluding carboxylic acids is 3. The third-order valence-corrected chi connectivity index (χ3v) is 8.02. The first-order chi connectivity index (χ1) is 20.2. The molecule has 1 unspecified atom stereocenters. The molecule has 0 spiro atoms. The van der Waals surface area contributed by atoms with Gasteiger partial charge in [-0.05, 0) is 97.5 Å². The van der Waals surface area contributed by atoms with E-state index in [-0.39, 0.29) is 11.3 Å². The maximum absolute atomic E-state index is 13.5. The van der Waals surface area contributed by atoms with Crippen molar-refractivity contribution in [3.05, 3.63) is 113 Å². The minimum Gasteiger partial charge on any atom is -0.457 e. The number of carbonyl (C=O) groups is 3. The summed E-state index contributed by atoms with van der Waals surface area (Å²) in [4.78, 5) is 42.6. The van der Waals surface area contributed by atoms with Crippen LogP contribution in [0, 0.1) is 0 Å². The fraction of sp³-hybridized carbons (Fsp3) is 0.250. The summed E-state index contributed by atoms with van der Waals surface area (Å²) in [5.41, 5.74) is 4.16. The van der Waals surface area contributed by atoms with Crippen LogP contribution in [0.15, 0.2) is 84.9 Å². The van der Waals surface area contributed by atoms with E-state index in [1.54, 1.807) is 54.6 Å². The monoisotopic (exact) mass is 574 g/mol. The minimum absolute atomic E-state index is 0.0467. The second-order valence-electron chi connectivity index (χ2n) is 13.1. The van der Waals surface area contributed by atoms with Crippen LogP contribution in [0.3, 0.4) is 0 Å². The Morgan fingerprint density at radius 3 is 1.74 bits per heavy atom. The van der Waals surface area contributed by atoms with Crippen LogP contribution in [0.5, 0.6) is 11.5 Å². The lowest BCUT2D eigenvalue weighted by molar-refractivity contribution is -0.0228. The average molecular weight is 575 g/mol. The Morgan fingerprint density at radius 1 is 0.628 bits per heavy atom. The zero-order chi connectivity index (χ0) is 30.8. The first kappa shape index (κ1) is 28.4. The van der Waals surface area contributed by atoms with Crippen LogP contribution in [-0.4, -0.2) is 33.3 Å². The van der Waals surface area contributed by atoms with Crippen molar-refractivity contribution in [1.82, 2.24) is 4.90 Å². The Balaban J connectivity index is 1.22. The molecule has 2 aliphatic heterocycles. The molecule has 7 heteroatoms. The van der Waals surface area contributed by atoms with Gasteiger partial charge in [0.1, 0.15) is 11.5 Å². The highest BCUT2D eigenvalue weighted by Crippen LogP contribution is 2.40. The molecule has 3 amide bonds. The molecule has 4 aromatic rings. The molecular weight excluding hydrogens is 540 g/mol. The molecule has 0 aliphatic carbocycles. The van der Waals surface area contributed by atoms with E-state index in [0.29, 0.717) is 50.6 Å². The standard InChI is InChI=1S/C36H34N2O5/c1-35(2,3)23-9-13-25(14-10-23)43-26-15-11-24(12-16-26)37-31(39)27-17-7-21(19-29(27)32(37)40)22-8-18-28-30(20-22)34(42)38(33(28)41)36(4,5)6/h7-20,33,41H,1-6H3.